The summed E-state index contributed by atoms with van der Waals surface area (Å²) in [7, 11) is 2.07. The Balaban J connectivity index is 1.63. The van der Waals surface area contributed by atoms with Gasteiger partial charge in [-0.25, -0.2) is 4.68 Å². The number of nitrogens with one attached hydrogen (secondary N) is 1. The first-order valence-electron chi connectivity index (χ1n) is 8.35. The third-order valence-corrected chi connectivity index (χ3v) is 4.98. The van der Waals surface area contributed by atoms with E-state index in [1.807, 2.05) is 35.0 Å². The van der Waals surface area contributed by atoms with Gasteiger partial charge in [0.15, 0.2) is 0 Å². The molecule has 0 spiro atoms. The van der Waals surface area contributed by atoms with Crippen molar-refractivity contribution in [3.8, 4) is 0 Å². The lowest BCUT2D eigenvalue weighted by Gasteiger charge is -2.17. The molecule has 3 rings (SSSR count). The van der Waals surface area contributed by atoms with Crippen LogP contribution < -0.4 is 0 Å². The first kappa shape index (κ1) is 18.6. The molecule has 0 saturated carbocycles. The summed E-state index contributed by atoms with van der Waals surface area (Å²) in [6.07, 6.45) is 6.06. The molecule has 0 fully saturated rings. The van der Waals surface area contributed by atoms with Crippen LogP contribution >= 0.6 is 24.0 Å². The van der Waals surface area contributed by atoms with Crippen molar-refractivity contribution in [1.82, 2.24) is 19.7 Å². The van der Waals surface area contributed by atoms with E-state index in [9.17, 15) is 0 Å². The molecule has 0 aliphatic carbocycles. The Morgan fingerprint density at radius 3 is 2.54 bits per heavy atom. The van der Waals surface area contributed by atoms with Crippen LogP contribution in [0.25, 0.3) is 12.2 Å². The second kappa shape index (κ2) is 8.98. The molecule has 0 radical (unpaired) electrons. The SMILES string of the molecule is CSc1ccc(CN(C)Cn2[nH]c(/C=C/c3ccccc3)nc2=S)cc1. The highest BCUT2D eigenvalue weighted by atomic mass is 32.2. The summed E-state index contributed by atoms with van der Waals surface area (Å²) in [6.45, 7) is 1.51. The molecule has 1 heterocycles. The number of nitrogens with zero attached hydrogens (tertiary/aromatic N) is 3. The van der Waals surface area contributed by atoms with E-state index >= 15 is 0 Å². The quantitative estimate of drug-likeness (QED) is 0.465. The molecule has 0 saturated heterocycles. The second-order valence-corrected chi connectivity index (χ2v) is 7.31. The standard InChI is InChI=1S/C20H22N4S2/c1-23(14-17-8-11-18(26-2)12-9-17)15-24-20(25)21-19(22-24)13-10-16-6-4-3-5-7-16/h3-13H,14-15H2,1-2H3,(H,21,22,25)/b13-10+. The Kier molecular flexibility index (Phi) is 6.44. The van der Waals surface area contributed by atoms with E-state index in [0.717, 1.165) is 17.9 Å². The van der Waals surface area contributed by atoms with Crippen molar-refractivity contribution < 1.29 is 0 Å². The van der Waals surface area contributed by atoms with Gasteiger partial charge < -0.3 is 0 Å². The van der Waals surface area contributed by atoms with Crippen molar-refractivity contribution in [2.75, 3.05) is 13.3 Å². The van der Waals surface area contributed by atoms with Gasteiger partial charge in [-0.1, -0.05) is 48.5 Å². The summed E-state index contributed by atoms with van der Waals surface area (Å²) < 4.78 is 2.44. The molecule has 3 aromatic rings. The van der Waals surface area contributed by atoms with E-state index in [1.165, 1.54) is 10.5 Å². The van der Waals surface area contributed by atoms with E-state index in [1.54, 1.807) is 11.8 Å². The third kappa shape index (κ3) is 5.17. The van der Waals surface area contributed by atoms with Crippen molar-refractivity contribution in [2.45, 2.75) is 18.1 Å². The van der Waals surface area contributed by atoms with Crippen molar-refractivity contribution in [1.29, 1.82) is 0 Å². The fraction of sp³-hybridized carbons (Fsp3) is 0.200. The number of hydrogen-bond donors (Lipinski definition) is 1. The predicted octanol–water partition coefficient (Wildman–Crippen LogP) is 4.92. The predicted molar refractivity (Wildman–Crippen MR) is 112 cm³/mol. The van der Waals surface area contributed by atoms with Gasteiger partial charge in [-0.3, -0.25) is 10.00 Å². The number of hydrogen-bond acceptors (Lipinski definition) is 4. The zero-order chi connectivity index (χ0) is 18.4. The van der Waals surface area contributed by atoms with Crippen LogP contribution in [0.5, 0.6) is 0 Å². The molecule has 26 heavy (non-hydrogen) atoms. The van der Waals surface area contributed by atoms with Gasteiger partial charge in [0, 0.05) is 11.4 Å². The van der Waals surface area contributed by atoms with E-state index in [4.69, 9.17) is 12.2 Å². The van der Waals surface area contributed by atoms with Crippen LogP contribution in [0.3, 0.4) is 0 Å². The van der Waals surface area contributed by atoms with Crippen molar-refractivity contribution in [3.63, 3.8) is 0 Å². The molecule has 1 N–H and O–H groups in total. The van der Waals surface area contributed by atoms with E-state index in [0.29, 0.717) is 11.4 Å². The van der Waals surface area contributed by atoms with Gasteiger partial charge >= 0.3 is 0 Å². The summed E-state index contributed by atoms with van der Waals surface area (Å²) in [5.74, 6) is 0.761. The largest absolute Gasteiger partial charge is 0.283 e. The fourth-order valence-corrected chi connectivity index (χ4v) is 3.23. The minimum atomic E-state index is 0.558. The van der Waals surface area contributed by atoms with Gasteiger partial charge in [0.05, 0.1) is 6.67 Å². The summed E-state index contributed by atoms with van der Waals surface area (Å²) in [4.78, 5) is 7.90. The first-order chi connectivity index (χ1) is 12.6. The Bertz CT molecular complexity index is 911. The smallest absolute Gasteiger partial charge is 0.217 e. The van der Waals surface area contributed by atoms with Crippen molar-refractivity contribution in [2.24, 2.45) is 0 Å². The maximum Gasteiger partial charge on any atom is 0.217 e. The van der Waals surface area contributed by atoms with Gasteiger partial charge in [-0.15, -0.1) is 11.8 Å². The lowest BCUT2D eigenvalue weighted by molar-refractivity contribution is 0.244. The maximum absolute atomic E-state index is 5.38. The topological polar surface area (TPSA) is 36.9 Å². The minimum Gasteiger partial charge on any atom is -0.283 e. The molecule has 6 heteroatoms. The number of H-pyrrole nitrogens is 1. The molecule has 2 aromatic carbocycles. The molecule has 0 atom stereocenters. The van der Waals surface area contributed by atoms with Crippen LogP contribution in [0.2, 0.25) is 0 Å². The average molecular weight is 383 g/mol. The minimum absolute atomic E-state index is 0.558. The average Bonchev–Trinajstić information content (AvgIpc) is 3.01. The lowest BCUT2D eigenvalue weighted by Crippen LogP contribution is -2.22. The van der Waals surface area contributed by atoms with Crippen LogP contribution in [0.4, 0.5) is 0 Å². The van der Waals surface area contributed by atoms with Crippen LogP contribution in [-0.2, 0) is 13.2 Å². The highest BCUT2D eigenvalue weighted by Gasteiger charge is 2.05. The zero-order valence-electron chi connectivity index (χ0n) is 14.9. The Morgan fingerprint density at radius 2 is 1.85 bits per heavy atom. The molecule has 0 bridgehead atoms. The maximum atomic E-state index is 5.38. The third-order valence-electron chi connectivity index (χ3n) is 3.92. The normalized spacial score (nSPS) is 11.5. The molecule has 0 amide bonds. The second-order valence-electron chi connectivity index (χ2n) is 6.07. The molecular weight excluding hydrogens is 360 g/mol. The lowest BCUT2D eigenvalue weighted by atomic mass is 10.2. The van der Waals surface area contributed by atoms with Crippen molar-refractivity contribution in [3.05, 3.63) is 76.3 Å². The van der Waals surface area contributed by atoms with Crippen LogP contribution in [0.1, 0.15) is 17.0 Å². The summed E-state index contributed by atoms with van der Waals surface area (Å²) in [5, 5.41) is 3.26. The number of aromatic amines is 1. The summed E-state index contributed by atoms with van der Waals surface area (Å²) in [5.41, 5.74) is 2.41. The molecular formula is C20H22N4S2. The van der Waals surface area contributed by atoms with Gasteiger partial charge in [-0.05, 0) is 54.9 Å². The van der Waals surface area contributed by atoms with E-state index in [-0.39, 0.29) is 0 Å². The highest BCUT2D eigenvalue weighted by molar-refractivity contribution is 7.98. The molecule has 1 aromatic heterocycles. The monoisotopic (exact) mass is 382 g/mol. The molecule has 4 nitrogen and oxygen atoms in total. The highest BCUT2D eigenvalue weighted by Crippen LogP contribution is 2.15. The molecule has 0 unspecified atom stereocenters. The van der Waals surface area contributed by atoms with E-state index < -0.39 is 0 Å². The Hall–Kier alpha value is -2.15. The molecule has 0 aliphatic rings. The Morgan fingerprint density at radius 1 is 1.12 bits per heavy atom. The first-order valence-corrected chi connectivity index (χ1v) is 9.99. The van der Waals surface area contributed by atoms with Gasteiger partial charge in [0.1, 0.15) is 5.82 Å². The van der Waals surface area contributed by atoms with E-state index in [2.05, 4.69) is 64.7 Å². The number of rotatable bonds is 7. The Labute approximate surface area is 163 Å². The summed E-state index contributed by atoms with van der Waals surface area (Å²) in [6, 6.07) is 18.8. The van der Waals surface area contributed by atoms with Crippen LogP contribution in [-0.4, -0.2) is 33.0 Å². The summed E-state index contributed by atoms with van der Waals surface area (Å²) >= 11 is 7.13. The van der Waals surface area contributed by atoms with Gasteiger partial charge in [0.2, 0.25) is 4.77 Å². The van der Waals surface area contributed by atoms with Crippen LogP contribution in [0, 0.1) is 4.77 Å². The van der Waals surface area contributed by atoms with Crippen molar-refractivity contribution >= 4 is 36.1 Å². The number of aromatic nitrogens is 3. The fourth-order valence-electron chi connectivity index (χ4n) is 2.62. The number of thioether (sulfide) groups is 1. The zero-order valence-corrected chi connectivity index (χ0v) is 16.6. The van der Waals surface area contributed by atoms with Gasteiger partial charge in [0.25, 0.3) is 0 Å². The number of benzene rings is 2. The molecule has 134 valence electrons. The van der Waals surface area contributed by atoms with Gasteiger partial charge in [-0.2, -0.15) is 4.98 Å². The molecule has 0 aliphatic heterocycles. The van der Waals surface area contributed by atoms with Crippen LogP contribution in [0.15, 0.2) is 59.5 Å².